The molecule has 0 unspecified atom stereocenters. The Morgan fingerprint density at radius 3 is 2.71 bits per heavy atom. The maximum absolute atomic E-state index is 5.54. The van der Waals surface area contributed by atoms with Gasteiger partial charge in [-0.15, -0.1) is 0 Å². The van der Waals surface area contributed by atoms with Gasteiger partial charge in [-0.25, -0.2) is 4.99 Å². The average molecular weight is 317 g/mol. The SMILES string of the molecule is COc1c/c(=C2\C=c3ccccc3=N2)[nH]/c1=C/c1[nH]cc(C)c1C. The molecule has 3 aromatic rings. The zero-order valence-corrected chi connectivity index (χ0v) is 14.0. The first-order valence-electron chi connectivity index (χ1n) is 7.95. The van der Waals surface area contributed by atoms with Gasteiger partial charge in [0.2, 0.25) is 0 Å². The third kappa shape index (κ3) is 2.36. The molecule has 0 radical (unpaired) electrons. The summed E-state index contributed by atoms with van der Waals surface area (Å²) in [5.74, 6) is 0.809. The number of nitrogens with zero attached hydrogens (tertiary/aromatic N) is 1. The molecule has 4 nitrogen and oxygen atoms in total. The highest BCUT2D eigenvalue weighted by Crippen LogP contribution is 2.12. The molecular weight excluding hydrogens is 298 g/mol. The first-order valence-corrected chi connectivity index (χ1v) is 7.95. The molecule has 1 aromatic carbocycles. The Hall–Kier alpha value is -3.01. The predicted octanol–water partition coefficient (Wildman–Crippen LogP) is 1.02. The molecule has 2 aromatic heterocycles. The van der Waals surface area contributed by atoms with Crippen LogP contribution >= 0.6 is 0 Å². The van der Waals surface area contributed by atoms with Crippen LogP contribution < -0.4 is 26.0 Å². The van der Waals surface area contributed by atoms with Crippen molar-refractivity contribution in [2.75, 3.05) is 7.11 Å². The molecule has 24 heavy (non-hydrogen) atoms. The van der Waals surface area contributed by atoms with Crippen LogP contribution in [0.4, 0.5) is 0 Å². The van der Waals surface area contributed by atoms with E-state index in [0.29, 0.717) is 0 Å². The van der Waals surface area contributed by atoms with E-state index in [4.69, 9.17) is 9.73 Å². The van der Waals surface area contributed by atoms with Crippen molar-refractivity contribution in [2.24, 2.45) is 4.99 Å². The van der Waals surface area contributed by atoms with Crippen LogP contribution in [-0.2, 0) is 0 Å². The molecule has 0 amide bonds. The van der Waals surface area contributed by atoms with Crippen molar-refractivity contribution < 1.29 is 4.74 Å². The summed E-state index contributed by atoms with van der Waals surface area (Å²) in [6, 6.07) is 10.1. The topological polar surface area (TPSA) is 53.2 Å². The number of aromatic nitrogens is 2. The second-order valence-corrected chi connectivity index (χ2v) is 6.02. The third-order valence-corrected chi connectivity index (χ3v) is 4.50. The van der Waals surface area contributed by atoms with Crippen LogP contribution in [0.5, 0.6) is 5.75 Å². The highest BCUT2D eigenvalue weighted by atomic mass is 16.5. The number of aryl methyl sites for hydroxylation is 1. The normalized spacial score (nSPS) is 15.9. The van der Waals surface area contributed by atoms with Crippen LogP contribution in [0.3, 0.4) is 0 Å². The lowest BCUT2D eigenvalue weighted by Crippen LogP contribution is -2.19. The van der Waals surface area contributed by atoms with Crippen LogP contribution in [0, 0.1) is 13.8 Å². The lowest BCUT2D eigenvalue weighted by molar-refractivity contribution is 0.412. The van der Waals surface area contributed by atoms with E-state index in [0.717, 1.165) is 38.4 Å². The Morgan fingerprint density at radius 2 is 2.00 bits per heavy atom. The molecule has 1 aliphatic rings. The third-order valence-electron chi connectivity index (χ3n) is 4.50. The minimum atomic E-state index is 0.809. The molecule has 4 heteroatoms. The minimum absolute atomic E-state index is 0.809. The Morgan fingerprint density at radius 1 is 1.17 bits per heavy atom. The molecule has 0 atom stereocenters. The number of fused-ring (bicyclic) bond motifs is 1. The molecule has 120 valence electrons. The Bertz CT molecular complexity index is 1130. The van der Waals surface area contributed by atoms with Crippen LogP contribution in [-0.4, -0.2) is 17.1 Å². The number of nitrogens with one attached hydrogen (secondary N) is 2. The van der Waals surface area contributed by atoms with E-state index in [-0.39, 0.29) is 0 Å². The fraction of sp³-hybridized carbons (Fsp3) is 0.150. The average Bonchev–Trinajstić information content (AvgIpc) is 3.27. The molecule has 0 fully saturated rings. The number of ether oxygens (including phenoxy) is 1. The van der Waals surface area contributed by atoms with Gasteiger partial charge >= 0.3 is 0 Å². The standard InChI is InChI=1S/C20H19N3O/c1-12-11-21-16(13(12)2)9-19-20(24-3)10-18(23-19)17-8-14-6-4-5-7-15(14)22-17/h4-11,21,23H,1-3H3/b18-17-,19-9+. The summed E-state index contributed by atoms with van der Waals surface area (Å²) in [5.41, 5.74) is 4.50. The molecule has 0 saturated heterocycles. The number of para-hydroxylation sites is 1. The van der Waals surface area contributed by atoms with Crippen LogP contribution in [0.15, 0.2) is 41.5 Å². The molecule has 0 bridgehead atoms. The summed E-state index contributed by atoms with van der Waals surface area (Å²) >= 11 is 0. The smallest absolute Gasteiger partial charge is 0.144 e. The van der Waals surface area contributed by atoms with Gasteiger partial charge in [0.05, 0.1) is 28.9 Å². The largest absolute Gasteiger partial charge is 0.494 e. The number of methoxy groups -OCH3 is 1. The molecule has 4 rings (SSSR count). The van der Waals surface area contributed by atoms with Crippen LogP contribution in [0.1, 0.15) is 16.8 Å². The van der Waals surface area contributed by atoms with Crippen LogP contribution in [0.2, 0.25) is 0 Å². The monoisotopic (exact) mass is 317 g/mol. The zero-order valence-electron chi connectivity index (χ0n) is 14.0. The molecular formula is C20H19N3O. The van der Waals surface area contributed by atoms with Crippen molar-refractivity contribution in [1.29, 1.82) is 0 Å². The maximum atomic E-state index is 5.54. The van der Waals surface area contributed by atoms with Gasteiger partial charge in [0, 0.05) is 23.2 Å². The fourth-order valence-electron chi connectivity index (χ4n) is 2.93. The van der Waals surface area contributed by atoms with Crippen molar-refractivity contribution in [3.8, 4) is 5.75 Å². The van der Waals surface area contributed by atoms with E-state index in [2.05, 4.69) is 42.0 Å². The highest BCUT2D eigenvalue weighted by Gasteiger charge is 2.06. The van der Waals surface area contributed by atoms with Crippen molar-refractivity contribution in [3.05, 3.63) is 74.6 Å². The molecule has 0 spiro atoms. The van der Waals surface area contributed by atoms with Crippen molar-refractivity contribution in [1.82, 2.24) is 9.97 Å². The van der Waals surface area contributed by atoms with Gasteiger partial charge in [-0.2, -0.15) is 0 Å². The number of benzene rings is 1. The Kier molecular flexibility index (Phi) is 3.38. The predicted molar refractivity (Wildman–Crippen MR) is 95.5 cm³/mol. The summed E-state index contributed by atoms with van der Waals surface area (Å²) in [5, 5.41) is 4.03. The van der Waals surface area contributed by atoms with Crippen molar-refractivity contribution in [3.63, 3.8) is 0 Å². The number of hydrogen-bond acceptors (Lipinski definition) is 2. The summed E-state index contributed by atoms with van der Waals surface area (Å²) < 4.78 is 5.54. The first-order chi connectivity index (χ1) is 11.7. The zero-order chi connectivity index (χ0) is 16.7. The molecule has 0 saturated carbocycles. The summed E-state index contributed by atoms with van der Waals surface area (Å²) in [7, 11) is 1.69. The Balaban J connectivity index is 1.93. The lowest BCUT2D eigenvalue weighted by atomic mass is 10.2. The molecule has 0 aliphatic carbocycles. The highest BCUT2D eigenvalue weighted by molar-refractivity contribution is 5.76. The van der Waals surface area contributed by atoms with Gasteiger partial charge in [-0.05, 0) is 43.2 Å². The number of aromatic amines is 2. The second kappa shape index (κ2) is 5.57. The van der Waals surface area contributed by atoms with Gasteiger partial charge in [0.15, 0.2) is 0 Å². The molecule has 1 aliphatic heterocycles. The van der Waals surface area contributed by atoms with Gasteiger partial charge in [-0.1, -0.05) is 18.2 Å². The lowest BCUT2D eigenvalue weighted by Gasteiger charge is -1.95. The van der Waals surface area contributed by atoms with E-state index in [9.17, 15) is 0 Å². The quantitative estimate of drug-likeness (QED) is 0.728. The number of hydrogen-bond donors (Lipinski definition) is 2. The van der Waals surface area contributed by atoms with Gasteiger partial charge < -0.3 is 14.7 Å². The molecule has 2 N–H and O–H groups in total. The van der Waals surface area contributed by atoms with E-state index in [1.807, 2.05) is 30.5 Å². The van der Waals surface area contributed by atoms with Gasteiger partial charge in [0.25, 0.3) is 0 Å². The van der Waals surface area contributed by atoms with Crippen molar-refractivity contribution in [2.45, 2.75) is 13.8 Å². The van der Waals surface area contributed by atoms with Crippen LogP contribution in [0.25, 0.3) is 17.8 Å². The van der Waals surface area contributed by atoms with Crippen molar-refractivity contribution >= 4 is 17.8 Å². The first kappa shape index (κ1) is 14.6. The van der Waals surface area contributed by atoms with Gasteiger partial charge in [-0.3, -0.25) is 0 Å². The number of H-pyrrole nitrogens is 2. The number of rotatable bonds is 2. The van der Waals surface area contributed by atoms with E-state index in [1.165, 1.54) is 11.1 Å². The van der Waals surface area contributed by atoms with Gasteiger partial charge in [0.1, 0.15) is 5.75 Å². The summed E-state index contributed by atoms with van der Waals surface area (Å²) in [6.45, 7) is 4.21. The fourth-order valence-corrected chi connectivity index (χ4v) is 2.93. The Labute approximate surface area is 139 Å². The molecule has 3 heterocycles. The van der Waals surface area contributed by atoms with E-state index >= 15 is 0 Å². The van der Waals surface area contributed by atoms with E-state index in [1.54, 1.807) is 7.11 Å². The minimum Gasteiger partial charge on any atom is -0.494 e. The second-order valence-electron chi connectivity index (χ2n) is 6.02. The summed E-state index contributed by atoms with van der Waals surface area (Å²) in [6.07, 6.45) is 6.19. The van der Waals surface area contributed by atoms with E-state index < -0.39 is 0 Å². The maximum Gasteiger partial charge on any atom is 0.144 e. The summed E-state index contributed by atoms with van der Waals surface area (Å²) in [4.78, 5) is 11.4.